The highest BCUT2D eigenvalue weighted by Gasteiger charge is 2.27. The summed E-state index contributed by atoms with van der Waals surface area (Å²) in [4.78, 5) is 23.8. The van der Waals surface area contributed by atoms with Crippen molar-refractivity contribution in [2.75, 3.05) is 19.7 Å². The van der Waals surface area contributed by atoms with Crippen LogP contribution < -0.4 is 0 Å². The van der Waals surface area contributed by atoms with E-state index in [0.29, 0.717) is 19.5 Å². The number of nitrogens with zero attached hydrogens (tertiary/aromatic N) is 2. The average Bonchev–Trinajstić information content (AvgIpc) is 2.86. The van der Waals surface area contributed by atoms with E-state index in [1.807, 2.05) is 0 Å². The number of aromatic hydroxyl groups is 1. The number of amides is 1. The van der Waals surface area contributed by atoms with Crippen molar-refractivity contribution in [1.29, 1.82) is 0 Å². The Morgan fingerprint density at radius 1 is 1.50 bits per heavy atom. The van der Waals surface area contributed by atoms with Gasteiger partial charge in [0.25, 0.3) is 5.91 Å². The number of aliphatic hydroxyl groups is 1. The minimum Gasteiger partial charge on any atom is -0.502 e. The summed E-state index contributed by atoms with van der Waals surface area (Å²) in [7, 11) is 0. The van der Waals surface area contributed by atoms with Crippen molar-refractivity contribution in [3.8, 4) is 5.75 Å². The van der Waals surface area contributed by atoms with Gasteiger partial charge in [-0.2, -0.15) is 0 Å². The normalized spacial score (nSPS) is 18.2. The molecule has 1 saturated heterocycles. The Morgan fingerprint density at radius 2 is 2.25 bits per heavy atom. The molecule has 108 valence electrons. The van der Waals surface area contributed by atoms with Crippen LogP contribution in [0.4, 0.5) is 5.69 Å². The Balaban J connectivity index is 2.10. The maximum Gasteiger partial charge on any atom is 0.310 e. The number of carbonyl (C=O) groups is 1. The van der Waals surface area contributed by atoms with Crippen LogP contribution in [-0.2, 0) is 0 Å². The minimum absolute atomic E-state index is 0.102. The molecular weight excluding hydrogens is 264 g/mol. The first-order valence-corrected chi connectivity index (χ1v) is 6.40. The number of hydrogen-bond acceptors (Lipinski definition) is 5. The molecule has 7 nitrogen and oxygen atoms in total. The number of phenols is 1. The molecule has 0 bridgehead atoms. The van der Waals surface area contributed by atoms with Gasteiger partial charge in [-0.25, -0.2) is 0 Å². The van der Waals surface area contributed by atoms with Crippen molar-refractivity contribution >= 4 is 11.6 Å². The lowest BCUT2D eigenvalue weighted by molar-refractivity contribution is -0.385. The van der Waals surface area contributed by atoms with Crippen molar-refractivity contribution in [2.45, 2.75) is 12.8 Å². The van der Waals surface area contributed by atoms with Crippen LogP contribution in [0.25, 0.3) is 0 Å². The van der Waals surface area contributed by atoms with Crippen molar-refractivity contribution in [1.82, 2.24) is 4.90 Å². The van der Waals surface area contributed by atoms with Gasteiger partial charge in [0, 0.05) is 31.3 Å². The van der Waals surface area contributed by atoms with E-state index < -0.39 is 16.4 Å². The summed E-state index contributed by atoms with van der Waals surface area (Å²) in [5.74, 6) is -0.474. The predicted molar refractivity (Wildman–Crippen MR) is 70.5 cm³/mol. The summed E-state index contributed by atoms with van der Waals surface area (Å²) in [6.45, 7) is 1.27. The number of aliphatic hydroxyl groups excluding tert-OH is 1. The molecule has 20 heavy (non-hydrogen) atoms. The zero-order valence-corrected chi connectivity index (χ0v) is 10.9. The van der Waals surface area contributed by atoms with Crippen LogP contribution in [0.5, 0.6) is 5.75 Å². The zero-order chi connectivity index (χ0) is 14.7. The average molecular weight is 280 g/mol. The maximum atomic E-state index is 12.2. The predicted octanol–water partition coefficient (Wildman–Crippen LogP) is 1.14. The van der Waals surface area contributed by atoms with E-state index >= 15 is 0 Å². The summed E-state index contributed by atoms with van der Waals surface area (Å²) in [6.07, 6.45) is 1.50. The Kier molecular flexibility index (Phi) is 4.19. The summed E-state index contributed by atoms with van der Waals surface area (Å²) in [5.41, 5.74) is -0.182. The molecule has 1 fully saturated rings. The third kappa shape index (κ3) is 2.88. The van der Waals surface area contributed by atoms with Crippen LogP contribution in [0.15, 0.2) is 18.2 Å². The first-order valence-electron chi connectivity index (χ1n) is 6.40. The Hall–Kier alpha value is -2.15. The first-order chi connectivity index (χ1) is 9.52. The van der Waals surface area contributed by atoms with Crippen molar-refractivity contribution in [3.63, 3.8) is 0 Å². The Labute approximate surface area is 115 Å². The fourth-order valence-electron chi connectivity index (χ4n) is 2.43. The largest absolute Gasteiger partial charge is 0.502 e. The Morgan fingerprint density at radius 3 is 2.85 bits per heavy atom. The van der Waals surface area contributed by atoms with E-state index in [9.17, 15) is 20.0 Å². The van der Waals surface area contributed by atoms with Crippen molar-refractivity contribution < 1.29 is 19.9 Å². The van der Waals surface area contributed by atoms with E-state index in [0.717, 1.165) is 18.6 Å². The lowest BCUT2D eigenvalue weighted by Gasteiger charge is -2.16. The number of nitro groups is 1. The lowest BCUT2D eigenvalue weighted by Crippen LogP contribution is -2.28. The number of nitro benzene ring substituents is 1. The Bertz CT molecular complexity index is 531. The maximum absolute atomic E-state index is 12.2. The highest BCUT2D eigenvalue weighted by atomic mass is 16.6. The standard InChI is InChI=1S/C13H16N2O5/c16-6-4-9-3-5-14(8-9)13(18)10-1-2-11(15(19)20)12(17)7-10/h1-2,7,9,16-17H,3-6,8H2. The number of benzene rings is 1. The fourth-order valence-corrected chi connectivity index (χ4v) is 2.43. The van der Waals surface area contributed by atoms with Crippen LogP contribution in [0.2, 0.25) is 0 Å². The molecule has 0 saturated carbocycles. The molecule has 1 amide bonds. The molecule has 1 heterocycles. The monoisotopic (exact) mass is 280 g/mol. The van der Waals surface area contributed by atoms with Crippen molar-refractivity contribution in [2.24, 2.45) is 5.92 Å². The molecule has 0 aliphatic carbocycles. The summed E-state index contributed by atoms with van der Waals surface area (Å²) in [6, 6.07) is 3.60. The highest BCUT2D eigenvalue weighted by molar-refractivity contribution is 5.95. The lowest BCUT2D eigenvalue weighted by atomic mass is 10.1. The molecule has 7 heteroatoms. The van der Waals surface area contributed by atoms with Gasteiger partial charge in [-0.1, -0.05) is 0 Å². The SMILES string of the molecule is O=C(c1ccc([N+](=O)[O-])c(O)c1)N1CCC(CCO)C1. The molecule has 0 aromatic heterocycles. The van der Waals surface area contributed by atoms with E-state index in [4.69, 9.17) is 5.11 Å². The van der Waals surface area contributed by atoms with E-state index in [-0.39, 0.29) is 24.0 Å². The fraction of sp³-hybridized carbons (Fsp3) is 0.462. The summed E-state index contributed by atoms with van der Waals surface area (Å²) in [5, 5.41) is 29.0. The van der Waals surface area contributed by atoms with E-state index in [1.165, 1.54) is 6.07 Å². The number of rotatable bonds is 4. The molecule has 0 spiro atoms. The molecular formula is C13H16N2O5. The smallest absolute Gasteiger partial charge is 0.310 e. The molecule has 1 atom stereocenters. The van der Waals surface area contributed by atoms with Gasteiger partial charge in [-0.15, -0.1) is 0 Å². The highest BCUT2D eigenvalue weighted by Crippen LogP contribution is 2.28. The summed E-state index contributed by atoms with van der Waals surface area (Å²) >= 11 is 0. The molecule has 1 aliphatic heterocycles. The van der Waals surface area contributed by atoms with Gasteiger partial charge >= 0.3 is 5.69 Å². The third-order valence-electron chi connectivity index (χ3n) is 3.53. The second-order valence-electron chi connectivity index (χ2n) is 4.88. The van der Waals surface area contributed by atoms with Gasteiger partial charge in [-0.05, 0) is 30.9 Å². The molecule has 1 aromatic carbocycles. The number of phenolic OH excluding ortho intramolecular Hbond substituents is 1. The number of carbonyl (C=O) groups excluding carboxylic acids is 1. The second kappa shape index (κ2) is 5.87. The third-order valence-corrected chi connectivity index (χ3v) is 3.53. The van der Waals surface area contributed by atoms with Gasteiger partial charge in [-0.3, -0.25) is 14.9 Å². The van der Waals surface area contributed by atoms with Gasteiger partial charge in [0.15, 0.2) is 5.75 Å². The second-order valence-corrected chi connectivity index (χ2v) is 4.88. The van der Waals surface area contributed by atoms with Crippen LogP contribution in [0, 0.1) is 16.0 Å². The first kappa shape index (κ1) is 14.3. The zero-order valence-electron chi connectivity index (χ0n) is 10.9. The molecule has 2 N–H and O–H groups in total. The van der Waals surface area contributed by atoms with Crippen LogP contribution in [-0.4, -0.2) is 45.6 Å². The molecule has 1 aromatic rings. The quantitative estimate of drug-likeness (QED) is 0.636. The molecule has 2 rings (SSSR count). The van der Waals surface area contributed by atoms with E-state index in [1.54, 1.807) is 4.90 Å². The van der Waals surface area contributed by atoms with Gasteiger partial charge < -0.3 is 15.1 Å². The summed E-state index contributed by atoms with van der Waals surface area (Å²) < 4.78 is 0. The van der Waals surface area contributed by atoms with Crippen LogP contribution in [0.1, 0.15) is 23.2 Å². The van der Waals surface area contributed by atoms with Gasteiger partial charge in [0.2, 0.25) is 0 Å². The van der Waals surface area contributed by atoms with Gasteiger partial charge in [0.05, 0.1) is 4.92 Å². The van der Waals surface area contributed by atoms with E-state index in [2.05, 4.69) is 0 Å². The number of hydrogen-bond donors (Lipinski definition) is 2. The van der Waals surface area contributed by atoms with Crippen LogP contribution in [0.3, 0.4) is 0 Å². The van der Waals surface area contributed by atoms with Crippen molar-refractivity contribution in [3.05, 3.63) is 33.9 Å². The number of likely N-dealkylation sites (tertiary alicyclic amines) is 1. The molecule has 1 unspecified atom stereocenters. The van der Waals surface area contributed by atoms with Gasteiger partial charge in [0.1, 0.15) is 0 Å². The molecule has 1 aliphatic rings. The topological polar surface area (TPSA) is 104 Å². The van der Waals surface area contributed by atoms with Crippen LogP contribution >= 0.6 is 0 Å². The minimum atomic E-state index is -0.698. The molecule has 0 radical (unpaired) electrons.